The van der Waals surface area contributed by atoms with Crippen LogP contribution in [-0.4, -0.2) is 19.6 Å². The molecule has 0 N–H and O–H groups in total. The zero-order valence-corrected chi connectivity index (χ0v) is 11.3. The van der Waals surface area contributed by atoms with Crippen LogP contribution >= 0.6 is 15.9 Å². The summed E-state index contributed by atoms with van der Waals surface area (Å²) in [4.78, 5) is 2.14. The van der Waals surface area contributed by atoms with Gasteiger partial charge in [0.2, 0.25) is 0 Å². The first-order chi connectivity index (χ1) is 7.10. The zero-order chi connectivity index (χ0) is 11.4. The van der Waals surface area contributed by atoms with Crippen molar-refractivity contribution in [1.29, 1.82) is 0 Å². The molecule has 0 bridgehead atoms. The Bertz CT molecular complexity index is 325. The number of rotatable bonds is 4. The van der Waals surface area contributed by atoms with E-state index in [9.17, 15) is 0 Å². The van der Waals surface area contributed by atoms with Gasteiger partial charge in [0.25, 0.3) is 0 Å². The normalized spacial score (nSPS) is 10.5. The van der Waals surface area contributed by atoms with E-state index in [1.165, 1.54) is 11.3 Å². The SMILES string of the molecule is COc1ccc(N(C)CBr)cc1C(C)C. The first kappa shape index (κ1) is 12.4. The first-order valence-electron chi connectivity index (χ1n) is 5.05. The third kappa shape index (κ3) is 2.88. The van der Waals surface area contributed by atoms with E-state index in [-0.39, 0.29) is 0 Å². The molecular weight excluding hydrogens is 254 g/mol. The Labute approximate surface area is 100 Å². The van der Waals surface area contributed by atoms with Gasteiger partial charge in [0.1, 0.15) is 5.75 Å². The minimum atomic E-state index is 0.476. The van der Waals surface area contributed by atoms with Crippen LogP contribution in [0, 0.1) is 0 Å². The number of alkyl halides is 1. The predicted octanol–water partition coefficient (Wildman–Crippen LogP) is 3.61. The van der Waals surface area contributed by atoms with E-state index in [0.717, 1.165) is 11.2 Å². The summed E-state index contributed by atoms with van der Waals surface area (Å²) in [5, 5.41) is 0. The molecule has 84 valence electrons. The summed E-state index contributed by atoms with van der Waals surface area (Å²) in [6.45, 7) is 4.35. The topological polar surface area (TPSA) is 12.5 Å². The number of halogens is 1. The summed E-state index contributed by atoms with van der Waals surface area (Å²) >= 11 is 3.44. The van der Waals surface area contributed by atoms with Gasteiger partial charge in [-0.2, -0.15) is 0 Å². The molecular formula is C12H18BrNO. The van der Waals surface area contributed by atoms with Crippen LogP contribution in [-0.2, 0) is 0 Å². The average Bonchev–Trinajstić information content (AvgIpc) is 2.27. The van der Waals surface area contributed by atoms with Crippen LogP contribution in [0.25, 0.3) is 0 Å². The third-order valence-electron chi connectivity index (χ3n) is 2.46. The summed E-state index contributed by atoms with van der Waals surface area (Å²) in [5.74, 6) is 1.44. The van der Waals surface area contributed by atoms with Crippen molar-refractivity contribution in [1.82, 2.24) is 0 Å². The average molecular weight is 272 g/mol. The summed E-state index contributed by atoms with van der Waals surface area (Å²) in [6.07, 6.45) is 0. The highest BCUT2D eigenvalue weighted by atomic mass is 79.9. The van der Waals surface area contributed by atoms with Crippen molar-refractivity contribution in [3.63, 3.8) is 0 Å². The molecule has 0 atom stereocenters. The van der Waals surface area contributed by atoms with Gasteiger partial charge in [-0.25, -0.2) is 0 Å². The second-order valence-electron chi connectivity index (χ2n) is 3.90. The van der Waals surface area contributed by atoms with Crippen LogP contribution < -0.4 is 9.64 Å². The molecule has 2 nitrogen and oxygen atoms in total. The standard InChI is InChI=1S/C12H18BrNO/c1-9(2)11-7-10(14(3)8-13)5-6-12(11)15-4/h5-7,9H,8H2,1-4H3. The molecule has 1 aromatic rings. The molecule has 0 unspecified atom stereocenters. The van der Waals surface area contributed by atoms with E-state index < -0.39 is 0 Å². The van der Waals surface area contributed by atoms with Gasteiger partial charge < -0.3 is 9.64 Å². The number of hydrogen-bond donors (Lipinski definition) is 0. The van der Waals surface area contributed by atoms with Crippen LogP contribution in [0.1, 0.15) is 25.3 Å². The number of hydrogen-bond acceptors (Lipinski definition) is 2. The van der Waals surface area contributed by atoms with E-state index in [1.807, 2.05) is 6.07 Å². The first-order valence-corrected chi connectivity index (χ1v) is 6.17. The number of nitrogens with zero attached hydrogens (tertiary/aromatic N) is 1. The molecule has 15 heavy (non-hydrogen) atoms. The van der Waals surface area contributed by atoms with Gasteiger partial charge in [0.05, 0.1) is 12.6 Å². The van der Waals surface area contributed by atoms with E-state index >= 15 is 0 Å². The summed E-state index contributed by atoms with van der Waals surface area (Å²) in [6, 6.07) is 6.29. The highest BCUT2D eigenvalue weighted by molar-refractivity contribution is 9.09. The molecule has 0 spiro atoms. The van der Waals surface area contributed by atoms with E-state index in [2.05, 4.69) is 53.9 Å². The van der Waals surface area contributed by atoms with E-state index in [1.54, 1.807) is 7.11 Å². The maximum Gasteiger partial charge on any atom is 0.122 e. The fraction of sp³-hybridized carbons (Fsp3) is 0.500. The molecule has 0 aliphatic heterocycles. The summed E-state index contributed by atoms with van der Waals surface area (Å²) < 4.78 is 5.34. The van der Waals surface area contributed by atoms with E-state index in [4.69, 9.17) is 4.74 Å². The molecule has 3 heteroatoms. The molecule has 0 radical (unpaired) electrons. The zero-order valence-electron chi connectivity index (χ0n) is 9.75. The quantitative estimate of drug-likeness (QED) is 0.613. The molecule has 0 aliphatic carbocycles. The monoisotopic (exact) mass is 271 g/mol. The summed E-state index contributed by atoms with van der Waals surface area (Å²) in [7, 11) is 3.77. The molecule has 0 aliphatic rings. The molecule has 1 rings (SSSR count). The van der Waals surface area contributed by atoms with Crippen molar-refractivity contribution in [2.75, 3.05) is 24.5 Å². The smallest absolute Gasteiger partial charge is 0.122 e. The minimum Gasteiger partial charge on any atom is -0.496 e. The molecule has 0 fully saturated rings. The Hall–Kier alpha value is -0.700. The van der Waals surface area contributed by atoms with Crippen LogP contribution in [0.4, 0.5) is 5.69 Å². The van der Waals surface area contributed by atoms with Crippen molar-refractivity contribution < 1.29 is 4.74 Å². The lowest BCUT2D eigenvalue weighted by molar-refractivity contribution is 0.407. The largest absolute Gasteiger partial charge is 0.496 e. The maximum absolute atomic E-state index is 5.34. The van der Waals surface area contributed by atoms with Crippen LogP contribution in [0.3, 0.4) is 0 Å². The Morgan fingerprint density at radius 1 is 1.40 bits per heavy atom. The van der Waals surface area contributed by atoms with Crippen molar-refractivity contribution in [3.8, 4) is 5.75 Å². The molecule has 1 aromatic carbocycles. The number of benzene rings is 1. The van der Waals surface area contributed by atoms with Crippen LogP contribution in [0.2, 0.25) is 0 Å². The molecule has 0 saturated heterocycles. The maximum atomic E-state index is 5.34. The van der Waals surface area contributed by atoms with Gasteiger partial charge in [0.15, 0.2) is 0 Å². The van der Waals surface area contributed by atoms with Gasteiger partial charge in [-0.3, -0.25) is 0 Å². The third-order valence-corrected chi connectivity index (χ3v) is 3.21. The number of ether oxygens (including phenoxy) is 1. The van der Waals surface area contributed by atoms with Crippen molar-refractivity contribution in [2.45, 2.75) is 19.8 Å². The predicted molar refractivity (Wildman–Crippen MR) is 69.3 cm³/mol. The van der Waals surface area contributed by atoms with Crippen LogP contribution in [0.15, 0.2) is 18.2 Å². The summed E-state index contributed by atoms with van der Waals surface area (Å²) in [5.41, 5.74) is 3.29. The number of anilines is 1. The van der Waals surface area contributed by atoms with Crippen LogP contribution in [0.5, 0.6) is 5.75 Å². The number of methoxy groups -OCH3 is 1. The second-order valence-corrected chi connectivity index (χ2v) is 4.40. The second kappa shape index (κ2) is 5.40. The lowest BCUT2D eigenvalue weighted by Gasteiger charge is -2.19. The molecule has 0 amide bonds. The van der Waals surface area contributed by atoms with Gasteiger partial charge in [0, 0.05) is 12.7 Å². The molecule has 0 saturated carbocycles. The minimum absolute atomic E-state index is 0.476. The molecule has 0 heterocycles. The molecule has 0 aromatic heterocycles. The Balaban J connectivity index is 3.10. The van der Waals surface area contributed by atoms with Crippen molar-refractivity contribution >= 4 is 21.6 Å². The van der Waals surface area contributed by atoms with Gasteiger partial charge in [-0.05, 0) is 29.7 Å². The van der Waals surface area contributed by atoms with Gasteiger partial charge >= 0.3 is 0 Å². The fourth-order valence-corrected chi connectivity index (χ4v) is 1.77. The lowest BCUT2D eigenvalue weighted by Crippen LogP contribution is -2.14. The van der Waals surface area contributed by atoms with E-state index in [0.29, 0.717) is 5.92 Å². The Morgan fingerprint density at radius 2 is 2.07 bits per heavy atom. The highest BCUT2D eigenvalue weighted by Crippen LogP contribution is 2.30. The van der Waals surface area contributed by atoms with Gasteiger partial charge in [-0.15, -0.1) is 0 Å². The lowest BCUT2D eigenvalue weighted by atomic mass is 10.0. The Kier molecular flexibility index (Phi) is 4.45. The van der Waals surface area contributed by atoms with Gasteiger partial charge in [-0.1, -0.05) is 29.8 Å². The Morgan fingerprint density at radius 3 is 2.53 bits per heavy atom. The fourth-order valence-electron chi connectivity index (χ4n) is 1.48. The van der Waals surface area contributed by atoms with Crippen molar-refractivity contribution in [2.24, 2.45) is 0 Å². The highest BCUT2D eigenvalue weighted by Gasteiger charge is 2.09. The van der Waals surface area contributed by atoms with Crippen molar-refractivity contribution in [3.05, 3.63) is 23.8 Å².